The number of ether oxygens (including phenoxy) is 2. The number of oxime groups is 1. The van der Waals surface area contributed by atoms with E-state index in [2.05, 4.69) is 24.8 Å². The van der Waals surface area contributed by atoms with Crippen molar-refractivity contribution in [2.45, 2.75) is 63.9 Å². The Morgan fingerprint density at radius 1 is 1.00 bits per heavy atom. The number of carbonyl (C=O) groups is 2. The number of rotatable bonds is 10. The Morgan fingerprint density at radius 2 is 1.68 bits per heavy atom. The monoisotopic (exact) mass is 541 g/mol. The van der Waals surface area contributed by atoms with Gasteiger partial charge < -0.3 is 19.4 Å². The number of fused-ring (bicyclic) bond motifs is 2. The number of carbonyl (C=O) groups excluding carboxylic acids is 2. The first-order chi connectivity index (χ1) is 18.1. The number of nitrogens with zero attached hydrogens (tertiary/aromatic N) is 1. The molecular formula is C29H36FNO6Si. The van der Waals surface area contributed by atoms with E-state index in [9.17, 15) is 19.1 Å². The zero-order valence-electron chi connectivity index (χ0n) is 22.4. The Labute approximate surface area is 224 Å². The minimum absolute atomic E-state index is 0.0674. The molecule has 5 rings (SSSR count). The van der Waals surface area contributed by atoms with Gasteiger partial charge in [-0.2, -0.15) is 0 Å². The van der Waals surface area contributed by atoms with E-state index in [1.807, 2.05) is 13.0 Å². The van der Waals surface area contributed by atoms with Crippen LogP contribution in [0.3, 0.4) is 0 Å². The van der Waals surface area contributed by atoms with Crippen molar-refractivity contribution in [3.8, 4) is 5.75 Å². The van der Waals surface area contributed by atoms with Crippen LogP contribution in [-0.2, 0) is 30.5 Å². The number of aromatic hydroxyl groups is 1. The van der Waals surface area contributed by atoms with Gasteiger partial charge in [0.1, 0.15) is 18.2 Å². The van der Waals surface area contributed by atoms with E-state index in [0.29, 0.717) is 25.2 Å². The molecule has 1 saturated carbocycles. The molecule has 0 heterocycles. The highest BCUT2D eigenvalue weighted by molar-refractivity contribution is 6.76. The van der Waals surface area contributed by atoms with Crippen molar-refractivity contribution < 1.29 is 33.4 Å². The molecule has 0 radical (unpaired) electrons. The molecule has 3 aliphatic carbocycles. The molecule has 0 amide bonds. The number of benzene rings is 2. The maximum atomic E-state index is 13.5. The number of hydrogen-bond acceptors (Lipinski definition) is 7. The molecular weight excluding hydrogens is 505 g/mol. The quantitative estimate of drug-likeness (QED) is 0.234. The van der Waals surface area contributed by atoms with Crippen molar-refractivity contribution in [1.29, 1.82) is 0 Å². The van der Waals surface area contributed by atoms with Crippen LogP contribution in [0.15, 0.2) is 47.6 Å². The van der Waals surface area contributed by atoms with Crippen molar-refractivity contribution in [2.75, 3.05) is 13.2 Å². The molecule has 1 fully saturated rings. The molecule has 0 aromatic heterocycles. The van der Waals surface area contributed by atoms with E-state index >= 15 is 0 Å². The van der Waals surface area contributed by atoms with Crippen LogP contribution >= 0.6 is 0 Å². The van der Waals surface area contributed by atoms with Crippen molar-refractivity contribution in [1.82, 2.24) is 0 Å². The zero-order valence-corrected chi connectivity index (χ0v) is 23.4. The molecule has 2 bridgehead atoms. The third-order valence-corrected chi connectivity index (χ3v) is 8.89. The minimum Gasteiger partial charge on any atom is -0.508 e. The summed E-state index contributed by atoms with van der Waals surface area (Å²) in [5, 5.41) is 14.7. The molecule has 38 heavy (non-hydrogen) atoms. The number of hydrogen-bond donors (Lipinski definition) is 1. The molecule has 7 nitrogen and oxygen atoms in total. The maximum Gasteiger partial charge on any atom is 0.310 e. The van der Waals surface area contributed by atoms with Gasteiger partial charge in [-0.05, 0) is 59.8 Å². The molecule has 9 heteroatoms. The molecule has 0 saturated heterocycles. The summed E-state index contributed by atoms with van der Waals surface area (Å²) in [4.78, 5) is 32.6. The van der Waals surface area contributed by atoms with Crippen molar-refractivity contribution in [3.05, 3.63) is 65.0 Å². The summed E-state index contributed by atoms with van der Waals surface area (Å²) in [6.45, 7) is 9.24. The summed E-state index contributed by atoms with van der Waals surface area (Å²) < 4.78 is 24.6. The Kier molecular flexibility index (Phi) is 8.55. The zero-order chi connectivity index (χ0) is 27.4. The largest absolute Gasteiger partial charge is 0.508 e. The van der Waals surface area contributed by atoms with Crippen molar-refractivity contribution in [3.63, 3.8) is 0 Å². The highest BCUT2D eigenvalue weighted by Crippen LogP contribution is 2.56. The van der Waals surface area contributed by atoms with Crippen LogP contribution in [0, 0.1) is 17.7 Å². The second-order valence-corrected chi connectivity index (χ2v) is 16.9. The van der Waals surface area contributed by atoms with E-state index in [-0.39, 0.29) is 30.7 Å². The van der Waals surface area contributed by atoms with E-state index in [1.54, 1.807) is 24.3 Å². The second-order valence-electron chi connectivity index (χ2n) is 11.3. The third kappa shape index (κ3) is 6.26. The summed E-state index contributed by atoms with van der Waals surface area (Å²) in [6, 6.07) is 11.8. The molecule has 1 unspecified atom stereocenters. The summed E-state index contributed by atoms with van der Waals surface area (Å²) in [5.74, 6) is -3.69. The fourth-order valence-corrected chi connectivity index (χ4v) is 6.01. The van der Waals surface area contributed by atoms with Crippen LogP contribution < -0.4 is 0 Å². The number of halogens is 1. The highest BCUT2D eigenvalue weighted by atomic mass is 28.3. The number of phenols is 1. The fraction of sp³-hybridized carbons (Fsp3) is 0.483. The van der Waals surface area contributed by atoms with Gasteiger partial charge in [0.05, 0.1) is 30.8 Å². The lowest BCUT2D eigenvalue weighted by Crippen LogP contribution is -2.51. The van der Waals surface area contributed by atoms with Crippen molar-refractivity contribution >= 4 is 25.7 Å². The summed E-state index contributed by atoms with van der Waals surface area (Å²) in [7, 11) is -1.42. The lowest BCUT2D eigenvalue weighted by molar-refractivity contribution is -0.163. The second kappa shape index (κ2) is 11.7. The van der Waals surface area contributed by atoms with Gasteiger partial charge in [0.15, 0.2) is 0 Å². The van der Waals surface area contributed by atoms with Crippen molar-refractivity contribution in [2.24, 2.45) is 17.0 Å². The Morgan fingerprint density at radius 3 is 2.37 bits per heavy atom. The van der Waals surface area contributed by atoms with E-state index in [0.717, 1.165) is 22.7 Å². The van der Waals surface area contributed by atoms with Gasteiger partial charge in [-0.25, -0.2) is 4.39 Å². The molecule has 2 aromatic carbocycles. The Hall–Kier alpha value is -3.20. The van der Waals surface area contributed by atoms with Gasteiger partial charge in [-0.1, -0.05) is 49.9 Å². The predicted octanol–water partition coefficient (Wildman–Crippen LogP) is 5.76. The molecule has 0 spiro atoms. The van der Waals surface area contributed by atoms with Crippen LogP contribution in [0.1, 0.15) is 48.3 Å². The average molecular weight is 542 g/mol. The topological polar surface area (TPSA) is 94.4 Å². The molecule has 3 aliphatic rings. The standard InChI is InChI=1S/C29H36FNO6Si/c1-5-12-35-29(34)27-25-22-15-20(32)10-11-21(22)23(26(27)28(33)36-13-14-38(2,3)4)16-24(25)31-37-17-18-6-8-19(30)9-7-18/h6-11,15,23,25-27,32H,5,12-14,16-17H2,1-4H3/t23?,25-,26-,27-/m1/s1. The molecule has 4 atom stereocenters. The Bertz CT molecular complexity index is 1190. The van der Waals surface area contributed by atoms with E-state index in [1.165, 1.54) is 12.1 Å². The van der Waals surface area contributed by atoms with E-state index < -0.39 is 37.8 Å². The van der Waals surface area contributed by atoms with Gasteiger partial charge in [0.25, 0.3) is 0 Å². The molecule has 204 valence electrons. The predicted molar refractivity (Wildman–Crippen MR) is 144 cm³/mol. The summed E-state index contributed by atoms with van der Waals surface area (Å²) in [6.07, 6.45) is 1.06. The average Bonchev–Trinajstić information content (AvgIpc) is 2.87. The van der Waals surface area contributed by atoms with Gasteiger partial charge in [-0.3, -0.25) is 9.59 Å². The smallest absolute Gasteiger partial charge is 0.310 e. The van der Waals surface area contributed by atoms with E-state index in [4.69, 9.17) is 14.3 Å². The van der Waals surface area contributed by atoms with Gasteiger partial charge >= 0.3 is 11.9 Å². The number of phenolic OH excluding ortho intramolecular Hbond substituents is 1. The molecule has 1 N–H and O–H groups in total. The molecule has 0 aliphatic heterocycles. The van der Waals surface area contributed by atoms with Gasteiger partial charge in [0, 0.05) is 19.9 Å². The lowest BCUT2D eigenvalue weighted by Gasteiger charge is -2.47. The van der Waals surface area contributed by atoms with Crippen LogP contribution in [-0.4, -0.2) is 44.0 Å². The Balaban J connectivity index is 1.66. The lowest BCUT2D eigenvalue weighted by atomic mass is 9.55. The number of esters is 2. The first-order valence-corrected chi connectivity index (χ1v) is 16.9. The van der Waals surface area contributed by atoms with Gasteiger partial charge in [-0.15, -0.1) is 0 Å². The third-order valence-electron chi connectivity index (χ3n) is 7.19. The maximum absolute atomic E-state index is 13.5. The SMILES string of the molecule is CCCOC(=O)[C@H]1[C@H](C(=O)OCC[Si](C)(C)C)C2CC(=NOCc3ccc(F)cc3)[C@H]1c1cc(O)ccc12. The van der Waals surface area contributed by atoms with Crippen LogP contribution in [0.4, 0.5) is 4.39 Å². The summed E-state index contributed by atoms with van der Waals surface area (Å²) >= 11 is 0. The normalized spacial score (nSPS) is 23.1. The highest BCUT2D eigenvalue weighted by Gasteiger charge is 2.57. The summed E-state index contributed by atoms with van der Waals surface area (Å²) in [5.41, 5.74) is 3.00. The molecule has 2 aromatic rings. The van der Waals surface area contributed by atoms with Gasteiger partial charge in [0.2, 0.25) is 0 Å². The first kappa shape index (κ1) is 27.8. The van der Waals surface area contributed by atoms with Crippen LogP contribution in [0.5, 0.6) is 5.75 Å². The first-order valence-electron chi connectivity index (χ1n) is 13.2. The fourth-order valence-electron chi connectivity index (χ4n) is 5.30. The minimum atomic E-state index is -1.42. The van der Waals surface area contributed by atoms with Crippen LogP contribution in [0.25, 0.3) is 0 Å². The van der Waals surface area contributed by atoms with Crippen LogP contribution in [0.2, 0.25) is 25.7 Å².